The molecule has 0 aliphatic carbocycles. The summed E-state index contributed by atoms with van der Waals surface area (Å²) >= 11 is 0. The first-order valence-corrected chi connectivity index (χ1v) is 4.76. The Balaban J connectivity index is 2.21. The lowest BCUT2D eigenvalue weighted by atomic mass is 10.1. The number of imide groups is 1. The van der Waals surface area contributed by atoms with Gasteiger partial charge in [0.1, 0.15) is 0 Å². The van der Waals surface area contributed by atoms with Gasteiger partial charge in [-0.3, -0.25) is 4.79 Å². The fraction of sp³-hybridized carbons (Fsp3) is 0.0909. The smallest absolute Gasteiger partial charge is 0.267 e. The molecule has 0 fully saturated rings. The number of nitrogens with zero attached hydrogens (tertiary/aromatic N) is 2. The molecule has 16 heavy (non-hydrogen) atoms. The van der Waals surface area contributed by atoms with Gasteiger partial charge in [0.25, 0.3) is 5.91 Å². The number of amides is 3. The molecule has 1 radical (unpaired) electrons. The van der Waals surface area contributed by atoms with Crippen LogP contribution in [-0.2, 0) is 11.2 Å². The summed E-state index contributed by atoms with van der Waals surface area (Å²) in [5.74, 6) is 4.94. The summed E-state index contributed by atoms with van der Waals surface area (Å²) in [5, 5.41) is 4.10. The first-order chi connectivity index (χ1) is 7.66. The van der Waals surface area contributed by atoms with Gasteiger partial charge >= 0.3 is 6.03 Å². The molecule has 0 aromatic heterocycles. The second kappa shape index (κ2) is 4.16. The van der Waals surface area contributed by atoms with Crippen LogP contribution in [0.5, 0.6) is 0 Å². The first kappa shape index (κ1) is 10.4. The molecule has 0 saturated carbocycles. The number of urea groups is 1. The summed E-state index contributed by atoms with van der Waals surface area (Å²) < 4.78 is 0. The van der Waals surface area contributed by atoms with E-state index >= 15 is 0 Å². The van der Waals surface area contributed by atoms with E-state index in [1.54, 1.807) is 0 Å². The molecule has 2 rings (SSSR count). The zero-order valence-corrected chi connectivity index (χ0v) is 8.46. The van der Waals surface area contributed by atoms with Gasteiger partial charge < -0.3 is 0 Å². The van der Waals surface area contributed by atoms with Crippen molar-refractivity contribution in [3.05, 3.63) is 47.7 Å². The summed E-state index contributed by atoms with van der Waals surface area (Å²) in [6, 6.07) is 8.73. The Kier molecular flexibility index (Phi) is 2.70. The number of carbonyl (C=O) groups is 2. The van der Waals surface area contributed by atoms with Crippen molar-refractivity contribution in [2.75, 3.05) is 0 Å². The van der Waals surface area contributed by atoms with Gasteiger partial charge in [0, 0.05) is 18.2 Å². The van der Waals surface area contributed by atoms with Crippen LogP contribution in [0.4, 0.5) is 4.79 Å². The molecule has 1 aromatic rings. The molecule has 0 spiro atoms. The largest absolute Gasteiger partial charge is 0.365 e. The van der Waals surface area contributed by atoms with Crippen LogP contribution < -0.4 is 11.2 Å². The van der Waals surface area contributed by atoms with E-state index in [1.807, 2.05) is 30.3 Å². The van der Waals surface area contributed by atoms with Crippen molar-refractivity contribution in [2.24, 2.45) is 5.84 Å². The van der Waals surface area contributed by atoms with Crippen LogP contribution in [0.25, 0.3) is 0 Å². The van der Waals surface area contributed by atoms with Gasteiger partial charge in [-0.2, -0.15) is 5.32 Å². The number of allylic oxidation sites excluding steroid dienone is 1. The highest BCUT2D eigenvalue weighted by Gasteiger charge is 2.24. The normalized spacial score (nSPS) is 15.8. The topological polar surface area (TPSA) is 77.5 Å². The number of hydrazine groups is 1. The second-order valence-corrected chi connectivity index (χ2v) is 3.40. The van der Waals surface area contributed by atoms with Crippen LogP contribution in [0.15, 0.2) is 42.1 Å². The Morgan fingerprint density at radius 3 is 2.56 bits per heavy atom. The maximum atomic E-state index is 11.2. The number of carbonyl (C=O) groups excluding carboxylic acids is 2. The van der Waals surface area contributed by atoms with Crippen LogP contribution in [0, 0.1) is 0 Å². The summed E-state index contributed by atoms with van der Waals surface area (Å²) in [4.78, 5) is 22.3. The molecule has 81 valence electrons. The van der Waals surface area contributed by atoms with E-state index in [9.17, 15) is 9.59 Å². The summed E-state index contributed by atoms with van der Waals surface area (Å²) in [6.45, 7) is 0. The quantitative estimate of drug-likeness (QED) is 0.579. The maximum Gasteiger partial charge on any atom is 0.365 e. The number of rotatable bonds is 2. The molecular weight excluding hydrogens is 206 g/mol. The average Bonchev–Trinajstić information content (AvgIpc) is 2.27. The van der Waals surface area contributed by atoms with Gasteiger partial charge in [-0.05, 0) is 5.56 Å². The van der Waals surface area contributed by atoms with Crippen LogP contribution in [0.3, 0.4) is 0 Å². The minimum Gasteiger partial charge on any atom is -0.267 e. The third-order valence-electron chi connectivity index (χ3n) is 2.24. The average molecular weight is 216 g/mol. The van der Waals surface area contributed by atoms with Gasteiger partial charge in [-0.1, -0.05) is 30.3 Å². The minimum absolute atomic E-state index is 0.435. The highest BCUT2D eigenvalue weighted by atomic mass is 16.2. The fourth-order valence-corrected chi connectivity index (χ4v) is 1.46. The molecule has 1 aliphatic heterocycles. The van der Waals surface area contributed by atoms with Crippen molar-refractivity contribution >= 4 is 11.9 Å². The van der Waals surface area contributed by atoms with E-state index in [1.165, 1.54) is 6.08 Å². The lowest BCUT2D eigenvalue weighted by Gasteiger charge is -2.22. The van der Waals surface area contributed by atoms with Crippen molar-refractivity contribution in [1.29, 1.82) is 0 Å². The van der Waals surface area contributed by atoms with E-state index in [0.717, 1.165) is 10.6 Å². The van der Waals surface area contributed by atoms with Gasteiger partial charge in [0.2, 0.25) is 0 Å². The molecule has 5 nitrogen and oxygen atoms in total. The summed E-state index contributed by atoms with van der Waals surface area (Å²) in [6.07, 6.45) is 1.71. The SMILES string of the molecule is NN1C(=O)[N]C(=O)C=C1Cc1ccccc1. The highest BCUT2D eigenvalue weighted by molar-refractivity contribution is 6.03. The third kappa shape index (κ3) is 2.09. The van der Waals surface area contributed by atoms with E-state index < -0.39 is 11.9 Å². The molecular formula is C11H10N3O2. The van der Waals surface area contributed by atoms with Crippen LogP contribution >= 0.6 is 0 Å². The molecule has 0 saturated heterocycles. The van der Waals surface area contributed by atoms with Gasteiger partial charge in [0.15, 0.2) is 0 Å². The predicted molar refractivity (Wildman–Crippen MR) is 56.8 cm³/mol. The van der Waals surface area contributed by atoms with Crippen LogP contribution in [0.1, 0.15) is 5.56 Å². The standard InChI is InChI=1S/C11H10N3O2/c12-14-9(7-10(15)13-11(14)16)6-8-4-2-1-3-5-8/h1-5,7H,6,12H2. The maximum absolute atomic E-state index is 11.2. The van der Waals surface area contributed by atoms with Crippen molar-refractivity contribution in [1.82, 2.24) is 10.3 Å². The Morgan fingerprint density at radius 2 is 1.88 bits per heavy atom. The molecule has 0 bridgehead atoms. The Hall–Kier alpha value is -2.14. The minimum atomic E-state index is -0.724. The molecule has 5 heteroatoms. The fourth-order valence-electron chi connectivity index (χ4n) is 1.46. The lowest BCUT2D eigenvalue weighted by Crippen LogP contribution is -2.46. The van der Waals surface area contributed by atoms with E-state index in [0.29, 0.717) is 12.1 Å². The van der Waals surface area contributed by atoms with E-state index in [2.05, 4.69) is 5.32 Å². The number of benzene rings is 1. The molecule has 0 atom stereocenters. The number of hydrogen-bond donors (Lipinski definition) is 1. The van der Waals surface area contributed by atoms with Gasteiger partial charge in [-0.25, -0.2) is 15.6 Å². The van der Waals surface area contributed by atoms with Crippen molar-refractivity contribution in [3.63, 3.8) is 0 Å². The number of nitrogens with two attached hydrogens (primary N) is 1. The zero-order valence-electron chi connectivity index (χ0n) is 8.46. The molecule has 3 amide bonds. The molecule has 2 N–H and O–H groups in total. The van der Waals surface area contributed by atoms with Gasteiger partial charge in [0.05, 0.1) is 0 Å². The molecule has 1 aromatic carbocycles. The van der Waals surface area contributed by atoms with E-state index in [-0.39, 0.29) is 0 Å². The Bertz CT molecular complexity index is 454. The number of hydrogen-bond acceptors (Lipinski definition) is 3. The monoisotopic (exact) mass is 216 g/mol. The third-order valence-corrected chi connectivity index (χ3v) is 2.24. The molecule has 0 unspecified atom stereocenters. The Morgan fingerprint density at radius 1 is 1.19 bits per heavy atom. The zero-order chi connectivity index (χ0) is 11.5. The lowest BCUT2D eigenvalue weighted by molar-refractivity contribution is -0.116. The van der Waals surface area contributed by atoms with Crippen molar-refractivity contribution in [3.8, 4) is 0 Å². The predicted octanol–water partition coefficient (Wildman–Crippen LogP) is 0.553. The molecule has 1 aliphatic rings. The summed E-state index contributed by atoms with van der Waals surface area (Å²) in [5.41, 5.74) is 1.43. The molecule has 1 heterocycles. The summed E-state index contributed by atoms with van der Waals surface area (Å²) in [7, 11) is 0. The van der Waals surface area contributed by atoms with Crippen LogP contribution in [-0.4, -0.2) is 16.9 Å². The van der Waals surface area contributed by atoms with Gasteiger partial charge in [-0.15, -0.1) is 0 Å². The van der Waals surface area contributed by atoms with E-state index in [4.69, 9.17) is 5.84 Å². The highest BCUT2D eigenvalue weighted by Crippen LogP contribution is 2.12. The second-order valence-electron chi connectivity index (χ2n) is 3.40. The van der Waals surface area contributed by atoms with Crippen molar-refractivity contribution in [2.45, 2.75) is 6.42 Å². The Labute approximate surface area is 92.5 Å². The first-order valence-electron chi connectivity index (χ1n) is 4.76. The van der Waals surface area contributed by atoms with Crippen LogP contribution in [0.2, 0.25) is 0 Å². The van der Waals surface area contributed by atoms with Crippen molar-refractivity contribution < 1.29 is 9.59 Å².